The van der Waals surface area contributed by atoms with Gasteiger partial charge in [0.15, 0.2) is 0 Å². The Labute approximate surface area is 95.9 Å². The van der Waals surface area contributed by atoms with Gasteiger partial charge in [0.2, 0.25) is 0 Å². The molecule has 0 N–H and O–H groups in total. The molecular weight excluding hydrogens is 236 g/mol. The first-order valence-electron chi connectivity index (χ1n) is 5.50. The third-order valence-electron chi connectivity index (χ3n) is 2.46. The largest absolute Gasteiger partial charge is 0.0876 e. The molecule has 0 spiro atoms. The molecule has 0 radical (unpaired) electrons. The van der Waals surface area contributed by atoms with Gasteiger partial charge < -0.3 is 0 Å². The van der Waals surface area contributed by atoms with Crippen LogP contribution in [-0.2, 0) is 11.8 Å². The molecule has 0 saturated carbocycles. The second kappa shape index (κ2) is 7.05. The number of rotatable bonds is 6. The molecule has 0 aliphatic heterocycles. The minimum Gasteiger partial charge on any atom is -0.0876 e. The first kappa shape index (κ1) is 11.8. The maximum absolute atomic E-state index is 3.48. The zero-order valence-electron chi connectivity index (χ0n) is 8.93. The zero-order valence-corrected chi connectivity index (χ0v) is 10.5. The molecule has 14 heavy (non-hydrogen) atoms. The van der Waals surface area contributed by atoms with Gasteiger partial charge in [-0.15, -0.1) is 0 Å². The molecule has 1 aromatic carbocycles. The Morgan fingerprint density at radius 3 is 2.57 bits per heavy atom. The summed E-state index contributed by atoms with van der Waals surface area (Å²) in [6.45, 7) is 2.26. The second-order valence-electron chi connectivity index (χ2n) is 3.76. The van der Waals surface area contributed by atoms with Crippen LogP contribution in [0.5, 0.6) is 0 Å². The fourth-order valence-corrected chi connectivity index (χ4v) is 1.97. The summed E-state index contributed by atoms with van der Waals surface area (Å²) < 4.78 is 0. The Kier molecular flexibility index (Phi) is 5.93. The van der Waals surface area contributed by atoms with Gasteiger partial charge in [-0.2, -0.15) is 0 Å². The molecule has 0 bridgehead atoms. The Morgan fingerprint density at radius 1 is 1.07 bits per heavy atom. The third kappa shape index (κ3) is 4.28. The lowest BCUT2D eigenvalue weighted by atomic mass is 10.0. The molecule has 0 unspecified atom stereocenters. The van der Waals surface area contributed by atoms with E-state index in [0.717, 1.165) is 5.33 Å². The van der Waals surface area contributed by atoms with E-state index in [4.69, 9.17) is 0 Å². The predicted octanol–water partition coefficient (Wildman–Crippen LogP) is 4.70. The lowest BCUT2D eigenvalue weighted by Crippen LogP contribution is -1.87. The molecule has 0 nitrogen and oxygen atoms in total. The molecule has 0 atom stereocenters. The monoisotopic (exact) mass is 254 g/mol. The van der Waals surface area contributed by atoms with E-state index in [2.05, 4.69) is 47.1 Å². The van der Waals surface area contributed by atoms with E-state index in [-0.39, 0.29) is 0 Å². The van der Waals surface area contributed by atoms with Gasteiger partial charge in [-0.25, -0.2) is 0 Å². The molecule has 0 amide bonds. The average molecular weight is 255 g/mol. The Morgan fingerprint density at radius 2 is 1.86 bits per heavy atom. The predicted molar refractivity (Wildman–Crippen MR) is 66.9 cm³/mol. The van der Waals surface area contributed by atoms with Gasteiger partial charge in [-0.1, -0.05) is 66.4 Å². The van der Waals surface area contributed by atoms with Crippen molar-refractivity contribution in [1.82, 2.24) is 0 Å². The van der Waals surface area contributed by atoms with Crippen molar-refractivity contribution in [3.8, 4) is 0 Å². The van der Waals surface area contributed by atoms with Crippen LogP contribution in [0.3, 0.4) is 0 Å². The highest BCUT2D eigenvalue weighted by Crippen LogP contribution is 2.12. The Balaban J connectivity index is 2.34. The summed E-state index contributed by atoms with van der Waals surface area (Å²) in [5.74, 6) is 0. The fourth-order valence-electron chi connectivity index (χ4n) is 1.62. The Bertz CT molecular complexity index is 255. The number of hydrogen-bond donors (Lipinski definition) is 0. The molecule has 0 saturated heterocycles. The highest BCUT2D eigenvalue weighted by molar-refractivity contribution is 9.08. The van der Waals surface area contributed by atoms with E-state index in [9.17, 15) is 0 Å². The third-order valence-corrected chi connectivity index (χ3v) is 3.11. The van der Waals surface area contributed by atoms with Gasteiger partial charge in [0.25, 0.3) is 0 Å². The number of aryl methyl sites for hydroxylation is 1. The molecule has 1 heteroatoms. The zero-order chi connectivity index (χ0) is 10.2. The highest BCUT2D eigenvalue weighted by Gasteiger charge is 1.95. The summed E-state index contributed by atoms with van der Waals surface area (Å²) in [6.07, 6.45) is 6.63. The van der Waals surface area contributed by atoms with Crippen molar-refractivity contribution in [2.45, 2.75) is 44.4 Å². The summed E-state index contributed by atoms with van der Waals surface area (Å²) in [5.41, 5.74) is 2.87. The molecule has 1 rings (SSSR count). The minimum atomic E-state index is 0.968. The van der Waals surface area contributed by atoms with Gasteiger partial charge in [-0.05, 0) is 24.0 Å². The van der Waals surface area contributed by atoms with Crippen LogP contribution in [0.15, 0.2) is 24.3 Å². The van der Waals surface area contributed by atoms with E-state index in [1.165, 1.54) is 43.2 Å². The number of halogens is 1. The lowest BCUT2D eigenvalue weighted by molar-refractivity contribution is 0.666. The smallest absolute Gasteiger partial charge is 0.0283 e. The van der Waals surface area contributed by atoms with Crippen LogP contribution in [-0.4, -0.2) is 0 Å². The number of hydrogen-bond acceptors (Lipinski definition) is 0. The van der Waals surface area contributed by atoms with Crippen LogP contribution < -0.4 is 0 Å². The molecule has 0 aliphatic carbocycles. The standard InChI is InChI=1S/C13H19Br/c1-2-3-4-5-7-12-8-6-9-13(10-12)11-14/h6,8-10H,2-5,7,11H2,1H3. The number of benzene rings is 1. The van der Waals surface area contributed by atoms with Crippen LogP contribution in [0.2, 0.25) is 0 Å². The van der Waals surface area contributed by atoms with Crippen molar-refractivity contribution in [3.63, 3.8) is 0 Å². The van der Waals surface area contributed by atoms with E-state index in [0.29, 0.717) is 0 Å². The first-order chi connectivity index (χ1) is 6.86. The molecule has 0 heterocycles. The van der Waals surface area contributed by atoms with Crippen LogP contribution in [0.25, 0.3) is 0 Å². The van der Waals surface area contributed by atoms with Gasteiger partial charge in [0.1, 0.15) is 0 Å². The van der Waals surface area contributed by atoms with Crippen molar-refractivity contribution in [3.05, 3.63) is 35.4 Å². The minimum absolute atomic E-state index is 0.968. The molecule has 0 aromatic heterocycles. The van der Waals surface area contributed by atoms with Gasteiger partial charge >= 0.3 is 0 Å². The van der Waals surface area contributed by atoms with Gasteiger partial charge in [0, 0.05) is 5.33 Å². The first-order valence-corrected chi connectivity index (χ1v) is 6.62. The van der Waals surface area contributed by atoms with E-state index in [1.807, 2.05) is 0 Å². The van der Waals surface area contributed by atoms with Gasteiger partial charge in [-0.3, -0.25) is 0 Å². The summed E-state index contributed by atoms with van der Waals surface area (Å²) in [4.78, 5) is 0. The summed E-state index contributed by atoms with van der Waals surface area (Å²) in [5, 5.41) is 0.968. The van der Waals surface area contributed by atoms with E-state index < -0.39 is 0 Å². The topological polar surface area (TPSA) is 0 Å². The van der Waals surface area contributed by atoms with Crippen LogP contribution in [0.4, 0.5) is 0 Å². The number of unbranched alkanes of at least 4 members (excludes halogenated alkanes) is 3. The lowest BCUT2D eigenvalue weighted by Gasteiger charge is -2.02. The molecule has 78 valence electrons. The summed E-state index contributed by atoms with van der Waals surface area (Å²) >= 11 is 3.48. The van der Waals surface area contributed by atoms with Crippen molar-refractivity contribution in [2.75, 3.05) is 0 Å². The van der Waals surface area contributed by atoms with Crippen molar-refractivity contribution in [1.29, 1.82) is 0 Å². The SMILES string of the molecule is CCCCCCc1cccc(CBr)c1. The number of alkyl halides is 1. The van der Waals surface area contributed by atoms with E-state index >= 15 is 0 Å². The van der Waals surface area contributed by atoms with Crippen molar-refractivity contribution >= 4 is 15.9 Å². The highest BCUT2D eigenvalue weighted by atomic mass is 79.9. The molecular formula is C13H19Br. The van der Waals surface area contributed by atoms with Gasteiger partial charge in [0.05, 0.1) is 0 Å². The maximum atomic E-state index is 3.48. The van der Waals surface area contributed by atoms with Crippen LogP contribution in [0.1, 0.15) is 43.7 Å². The fraction of sp³-hybridized carbons (Fsp3) is 0.538. The summed E-state index contributed by atoms with van der Waals surface area (Å²) in [7, 11) is 0. The van der Waals surface area contributed by atoms with E-state index in [1.54, 1.807) is 0 Å². The molecule has 1 aromatic rings. The van der Waals surface area contributed by atoms with Crippen LogP contribution in [0, 0.1) is 0 Å². The molecule has 0 aliphatic rings. The average Bonchev–Trinajstić information content (AvgIpc) is 2.25. The van der Waals surface area contributed by atoms with Crippen molar-refractivity contribution < 1.29 is 0 Å². The second-order valence-corrected chi connectivity index (χ2v) is 4.32. The normalized spacial score (nSPS) is 10.4. The molecule has 0 fully saturated rings. The Hall–Kier alpha value is -0.300. The van der Waals surface area contributed by atoms with Crippen molar-refractivity contribution in [2.24, 2.45) is 0 Å². The summed E-state index contributed by atoms with van der Waals surface area (Å²) in [6, 6.07) is 8.87. The van der Waals surface area contributed by atoms with Crippen LogP contribution >= 0.6 is 15.9 Å². The quantitative estimate of drug-likeness (QED) is 0.510. The maximum Gasteiger partial charge on any atom is 0.0283 e.